The van der Waals surface area contributed by atoms with Crippen LogP contribution in [0.3, 0.4) is 0 Å². The summed E-state index contributed by atoms with van der Waals surface area (Å²) in [6.07, 6.45) is 0.702. The number of nitrogens with two attached hydrogens (primary N) is 1. The Morgan fingerprint density at radius 3 is 2.52 bits per heavy atom. The van der Waals surface area contributed by atoms with Crippen LogP contribution in [0.5, 0.6) is 5.75 Å². The van der Waals surface area contributed by atoms with E-state index in [2.05, 4.69) is 0 Å². The summed E-state index contributed by atoms with van der Waals surface area (Å²) < 4.78 is 32.4. The van der Waals surface area contributed by atoms with Crippen LogP contribution in [-0.2, 0) is 10.0 Å². The van der Waals surface area contributed by atoms with Gasteiger partial charge in [0.15, 0.2) is 0 Å². The van der Waals surface area contributed by atoms with Crippen molar-refractivity contribution in [2.75, 3.05) is 20.2 Å². The Morgan fingerprint density at radius 1 is 1.19 bits per heavy atom. The van der Waals surface area contributed by atoms with Crippen LogP contribution in [0, 0.1) is 0 Å². The van der Waals surface area contributed by atoms with Gasteiger partial charge in [-0.2, -0.15) is 4.31 Å². The molecule has 2 aromatic carbocycles. The maximum Gasteiger partial charge on any atom is 0.243 e. The predicted octanol–water partition coefficient (Wildman–Crippen LogP) is 1.57. The predicted molar refractivity (Wildman–Crippen MR) is 81.9 cm³/mol. The van der Waals surface area contributed by atoms with Crippen molar-refractivity contribution in [2.24, 2.45) is 5.73 Å². The van der Waals surface area contributed by atoms with Crippen LogP contribution in [0.25, 0.3) is 10.8 Å². The highest BCUT2D eigenvalue weighted by molar-refractivity contribution is 7.89. The summed E-state index contributed by atoms with van der Waals surface area (Å²) >= 11 is 0. The monoisotopic (exact) mass is 306 g/mol. The molecule has 0 aromatic heterocycles. The fraction of sp³-hybridized carbons (Fsp3) is 0.333. The average Bonchev–Trinajstić information content (AvgIpc) is 2.93. The normalized spacial score (nSPS) is 20.0. The lowest BCUT2D eigenvalue weighted by atomic mass is 10.1. The standard InChI is InChI=1S/C15H18N2O3S/c1-20-14-6-7-15(13-5-3-2-4-12(13)14)21(18,19)17-9-8-11(16)10-17/h2-7,11H,8-10,16H2,1H3/t11-/m1/s1. The van der Waals surface area contributed by atoms with Gasteiger partial charge in [0.05, 0.1) is 12.0 Å². The topological polar surface area (TPSA) is 72.6 Å². The smallest absolute Gasteiger partial charge is 0.243 e. The third-order valence-electron chi connectivity index (χ3n) is 3.87. The van der Waals surface area contributed by atoms with E-state index in [0.717, 1.165) is 5.39 Å². The van der Waals surface area contributed by atoms with Crippen molar-refractivity contribution in [3.63, 3.8) is 0 Å². The quantitative estimate of drug-likeness (QED) is 0.934. The largest absolute Gasteiger partial charge is 0.496 e. The highest BCUT2D eigenvalue weighted by Gasteiger charge is 2.32. The third kappa shape index (κ3) is 2.39. The number of hydrogen-bond acceptors (Lipinski definition) is 4. The van der Waals surface area contributed by atoms with E-state index in [-0.39, 0.29) is 6.04 Å². The maximum absolute atomic E-state index is 12.8. The molecule has 3 rings (SSSR count). The van der Waals surface area contributed by atoms with Crippen LogP contribution >= 0.6 is 0 Å². The van der Waals surface area contributed by atoms with E-state index in [0.29, 0.717) is 35.5 Å². The molecule has 0 aliphatic carbocycles. The summed E-state index contributed by atoms with van der Waals surface area (Å²) in [6.45, 7) is 0.854. The molecule has 0 radical (unpaired) electrons. The molecular weight excluding hydrogens is 288 g/mol. The number of methoxy groups -OCH3 is 1. The number of hydrogen-bond donors (Lipinski definition) is 1. The van der Waals surface area contributed by atoms with E-state index >= 15 is 0 Å². The molecule has 0 spiro atoms. The van der Waals surface area contributed by atoms with Gasteiger partial charge in [-0.15, -0.1) is 0 Å². The molecule has 6 heteroatoms. The Hall–Kier alpha value is -1.63. The van der Waals surface area contributed by atoms with E-state index < -0.39 is 10.0 Å². The van der Waals surface area contributed by atoms with E-state index in [1.807, 2.05) is 18.2 Å². The Bertz CT molecular complexity index is 774. The highest BCUT2D eigenvalue weighted by atomic mass is 32.2. The first-order valence-corrected chi connectivity index (χ1v) is 8.29. The highest BCUT2D eigenvalue weighted by Crippen LogP contribution is 2.33. The van der Waals surface area contributed by atoms with Crippen molar-refractivity contribution in [2.45, 2.75) is 17.4 Å². The molecule has 0 saturated carbocycles. The molecule has 0 bridgehead atoms. The Morgan fingerprint density at radius 2 is 1.90 bits per heavy atom. The molecule has 2 aromatic rings. The van der Waals surface area contributed by atoms with E-state index in [1.165, 1.54) is 4.31 Å². The van der Waals surface area contributed by atoms with Gasteiger partial charge in [-0.1, -0.05) is 24.3 Å². The maximum atomic E-state index is 12.8. The fourth-order valence-electron chi connectivity index (χ4n) is 2.76. The molecule has 5 nitrogen and oxygen atoms in total. The summed E-state index contributed by atoms with van der Waals surface area (Å²) in [5.74, 6) is 0.669. The average molecular weight is 306 g/mol. The van der Waals surface area contributed by atoms with E-state index in [9.17, 15) is 8.42 Å². The van der Waals surface area contributed by atoms with Gasteiger partial charge in [-0.3, -0.25) is 0 Å². The lowest BCUT2D eigenvalue weighted by Gasteiger charge is -2.18. The number of ether oxygens (including phenoxy) is 1. The molecule has 1 heterocycles. The van der Waals surface area contributed by atoms with Crippen LogP contribution in [0.1, 0.15) is 6.42 Å². The van der Waals surface area contributed by atoms with Gasteiger partial charge >= 0.3 is 0 Å². The molecular formula is C15H18N2O3S. The lowest BCUT2D eigenvalue weighted by molar-refractivity contribution is 0.419. The third-order valence-corrected chi connectivity index (χ3v) is 5.79. The van der Waals surface area contributed by atoms with E-state index in [4.69, 9.17) is 10.5 Å². The molecule has 0 unspecified atom stereocenters. The Balaban J connectivity index is 2.17. The first-order valence-electron chi connectivity index (χ1n) is 6.85. The Labute approximate surface area is 124 Å². The van der Waals surface area contributed by atoms with Gasteiger partial charge in [-0.25, -0.2) is 8.42 Å². The van der Waals surface area contributed by atoms with Crippen LogP contribution in [0.15, 0.2) is 41.3 Å². The second kappa shape index (κ2) is 5.29. The van der Waals surface area contributed by atoms with Gasteiger partial charge in [0.2, 0.25) is 10.0 Å². The minimum atomic E-state index is -3.53. The molecule has 1 fully saturated rings. The van der Waals surface area contributed by atoms with Gasteiger partial charge < -0.3 is 10.5 Å². The first-order chi connectivity index (χ1) is 10.0. The lowest BCUT2D eigenvalue weighted by Crippen LogP contribution is -2.32. The Kier molecular flexibility index (Phi) is 3.61. The molecule has 112 valence electrons. The second-order valence-corrected chi connectivity index (χ2v) is 7.13. The zero-order valence-corrected chi connectivity index (χ0v) is 12.6. The van der Waals surface area contributed by atoms with Crippen LogP contribution < -0.4 is 10.5 Å². The molecule has 21 heavy (non-hydrogen) atoms. The molecule has 1 atom stereocenters. The van der Waals surface area contributed by atoms with Crippen molar-refractivity contribution in [1.82, 2.24) is 4.31 Å². The summed E-state index contributed by atoms with van der Waals surface area (Å²) in [5.41, 5.74) is 5.83. The number of nitrogens with zero attached hydrogens (tertiary/aromatic N) is 1. The molecule has 1 aliphatic heterocycles. The minimum Gasteiger partial charge on any atom is -0.496 e. The van der Waals surface area contributed by atoms with E-state index in [1.54, 1.807) is 25.3 Å². The van der Waals surface area contributed by atoms with Gasteiger partial charge in [-0.05, 0) is 18.6 Å². The number of rotatable bonds is 3. The minimum absolute atomic E-state index is 0.0794. The van der Waals surface area contributed by atoms with Crippen LogP contribution in [0.4, 0.5) is 0 Å². The van der Waals surface area contributed by atoms with Crippen molar-refractivity contribution < 1.29 is 13.2 Å². The molecule has 1 aliphatic rings. The number of benzene rings is 2. The van der Waals surface area contributed by atoms with Crippen molar-refractivity contribution >= 4 is 20.8 Å². The van der Waals surface area contributed by atoms with Crippen molar-refractivity contribution in [3.8, 4) is 5.75 Å². The van der Waals surface area contributed by atoms with Crippen molar-refractivity contribution in [1.29, 1.82) is 0 Å². The van der Waals surface area contributed by atoms with Gasteiger partial charge in [0.25, 0.3) is 0 Å². The first kappa shape index (κ1) is 14.3. The van der Waals surface area contributed by atoms with Crippen molar-refractivity contribution in [3.05, 3.63) is 36.4 Å². The summed E-state index contributed by atoms with van der Waals surface area (Å²) in [6, 6.07) is 10.6. The van der Waals surface area contributed by atoms with Gasteiger partial charge in [0.1, 0.15) is 5.75 Å². The molecule has 2 N–H and O–H groups in total. The SMILES string of the molecule is COc1ccc(S(=O)(=O)N2CC[C@@H](N)C2)c2ccccc12. The molecule has 1 saturated heterocycles. The number of sulfonamides is 1. The van der Waals surface area contributed by atoms with Crippen LogP contribution in [-0.4, -0.2) is 39.0 Å². The van der Waals surface area contributed by atoms with Gasteiger partial charge in [0, 0.05) is 29.9 Å². The zero-order chi connectivity index (χ0) is 15.0. The summed E-state index contributed by atoms with van der Waals surface area (Å²) in [4.78, 5) is 0.313. The molecule has 0 amide bonds. The summed E-state index contributed by atoms with van der Waals surface area (Å²) in [7, 11) is -1.95. The fourth-order valence-corrected chi connectivity index (χ4v) is 4.47. The summed E-state index contributed by atoms with van der Waals surface area (Å²) in [5, 5.41) is 1.47. The number of fused-ring (bicyclic) bond motifs is 1. The van der Waals surface area contributed by atoms with Crippen LogP contribution in [0.2, 0.25) is 0 Å². The second-order valence-electron chi connectivity index (χ2n) is 5.22. The zero-order valence-electron chi connectivity index (χ0n) is 11.8.